The van der Waals surface area contributed by atoms with Gasteiger partial charge >= 0.3 is 0 Å². The second kappa shape index (κ2) is 17.3. The zero-order valence-electron chi connectivity index (χ0n) is 26.4. The summed E-state index contributed by atoms with van der Waals surface area (Å²) in [6, 6.07) is -4.31. The molecule has 21 nitrogen and oxygen atoms in total. The van der Waals surface area contributed by atoms with Gasteiger partial charge in [-0.3, -0.25) is 4.79 Å². The summed E-state index contributed by atoms with van der Waals surface area (Å²) < 4.78 is 35.4. The molecule has 4 rings (SSSR count). The highest BCUT2D eigenvalue weighted by molar-refractivity contribution is 5.81. The highest BCUT2D eigenvalue weighted by atomic mass is 16.8. The van der Waals surface area contributed by atoms with E-state index in [-0.39, 0.29) is 32.4 Å². The van der Waals surface area contributed by atoms with Crippen molar-refractivity contribution in [2.24, 2.45) is 34.4 Å². The number of amides is 1. The minimum atomic E-state index is -1.93. The van der Waals surface area contributed by atoms with Gasteiger partial charge < -0.3 is 104 Å². The molecule has 19 atom stereocenters. The number of ether oxygens (including phenoxy) is 6. The van der Waals surface area contributed by atoms with Crippen LogP contribution >= 0.6 is 0 Å². The first kappa shape index (κ1) is 39.5. The van der Waals surface area contributed by atoms with Crippen molar-refractivity contribution in [1.82, 2.24) is 5.32 Å². The second-order valence-corrected chi connectivity index (χ2v) is 12.8. The summed E-state index contributed by atoms with van der Waals surface area (Å²) in [5, 5.41) is 76.2. The van der Waals surface area contributed by atoms with Crippen molar-refractivity contribution >= 4 is 5.91 Å². The first-order chi connectivity index (χ1) is 22.7. The molecule has 0 aromatic carbocycles. The standard InChI is InChI=1S/C27H53N7O14/c28-4-8-1-12(36)16(32)25(43-8)46-21-10(31)3-11(34-24(42)19(40)14(38)6-30)18(39)23(21)48-27-20(41)22(15(7-35)45-27)47-26-17(33)13(37)2-9(5-29)44-26/h8-23,25-27,35-41H,1-7,28-33H2,(H,34,42)/t8-,9+,10-,11+,12+,13-,14+,15+,16+,17+,18-,19-,20+,21+,22+,23+,25+,26+,27-/m0/s1. The fourth-order valence-corrected chi connectivity index (χ4v) is 6.32. The van der Waals surface area contributed by atoms with Crippen LogP contribution in [0.15, 0.2) is 0 Å². The van der Waals surface area contributed by atoms with E-state index in [0.717, 1.165) is 0 Å². The van der Waals surface area contributed by atoms with E-state index < -0.39 is 135 Å². The molecule has 3 heterocycles. The molecule has 0 radical (unpaired) electrons. The highest BCUT2D eigenvalue weighted by Gasteiger charge is 2.54. The van der Waals surface area contributed by atoms with Crippen molar-refractivity contribution in [1.29, 1.82) is 0 Å². The number of carbonyl (C=O) groups excluding carboxylic acids is 1. The summed E-state index contributed by atoms with van der Waals surface area (Å²) >= 11 is 0. The van der Waals surface area contributed by atoms with Crippen LogP contribution in [0, 0.1) is 0 Å². The van der Waals surface area contributed by atoms with Crippen LogP contribution in [0.3, 0.4) is 0 Å². The number of rotatable bonds is 13. The molecular formula is C27H53N7O14. The van der Waals surface area contributed by atoms with Crippen LogP contribution in [0.2, 0.25) is 0 Å². The number of nitrogens with one attached hydrogen (secondary N) is 1. The lowest BCUT2D eigenvalue weighted by Gasteiger charge is -2.47. The van der Waals surface area contributed by atoms with Gasteiger partial charge in [0.25, 0.3) is 5.91 Å². The van der Waals surface area contributed by atoms with E-state index in [4.69, 9.17) is 62.8 Å². The Labute approximate surface area is 276 Å². The minimum Gasteiger partial charge on any atom is -0.394 e. The largest absolute Gasteiger partial charge is 0.394 e. The molecule has 1 amide bonds. The Morgan fingerprint density at radius 1 is 0.750 bits per heavy atom. The summed E-state index contributed by atoms with van der Waals surface area (Å²) in [4.78, 5) is 12.7. The fourth-order valence-electron chi connectivity index (χ4n) is 6.32. The molecule has 280 valence electrons. The third kappa shape index (κ3) is 8.77. The van der Waals surface area contributed by atoms with E-state index in [0.29, 0.717) is 0 Å². The zero-order chi connectivity index (χ0) is 35.4. The first-order valence-corrected chi connectivity index (χ1v) is 16.0. The number of hydrogen-bond donors (Lipinski definition) is 14. The van der Waals surface area contributed by atoms with Crippen molar-refractivity contribution in [3.8, 4) is 0 Å². The third-order valence-electron chi connectivity index (χ3n) is 9.27. The molecule has 3 aliphatic heterocycles. The third-order valence-corrected chi connectivity index (χ3v) is 9.27. The van der Waals surface area contributed by atoms with E-state index in [1.54, 1.807) is 0 Å². The lowest BCUT2D eigenvalue weighted by Crippen LogP contribution is -2.68. The van der Waals surface area contributed by atoms with E-state index in [2.05, 4.69) is 5.32 Å². The van der Waals surface area contributed by atoms with Crippen molar-refractivity contribution in [3.05, 3.63) is 0 Å². The van der Waals surface area contributed by atoms with Crippen LogP contribution in [0.5, 0.6) is 0 Å². The lowest BCUT2D eigenvalue weighted by molar-refractivity contribution is -0.295. The lowest BCUT2D eigenvalue weighted by atomic mass is 9.83. The maximum Gasteiger partial charge on any atom is 0.251 e. The second-order valence-electron chi connectivity index (χ2n) is 12.8. The van der Waals surface area contributed by atoms with Gasteiger partial charge in [-0.25, -0.2) is 0 Å². The number of nitrogens with two attached hydrogens (primary N) is 6. The van der Waals surface area contributed by atoms with Crippen LogP contribution in [0.4, 0.5) is 0 Å². The maximum absolute atomic E-state index is 12.7. The monoisotopic (exact) mass is 699 g/mol. The predicted molar refractivity (Wildman–Crippen MR) is 161 cm³/mol. The Balaban J connectivity index is 1.56. The SMILES string of the molecule is NC[C@@H]1C[C@@H](O)[C@@H](N)[C@@H](O[C@H]2[C@H](O[C@@H]3O[C@H](CO)[C@@H](O[C@H]4O[C@@H](CN)C[C@H](O)[C@H]4N)[C@H]3O)[C@@H](O)[C@H](NC(=O)[C@@H](O)[C@H](O)CN)C[C@@H]2N)O1. The quantitative estimate of drug-likeness (QED) is 0.0848. The number of hydrogen-bond acceptors (Lipinski definition) is 20. The Morgan fingerprint density at radius 2 is 1.27 bits per heavy atom. The number of aliphatic hydroxyl groups excluding tert-OH is 7. The highest BCUT2D eigenvalue weighted by Crippen LogP contribution is 2.34. The average molecular weight is 700 g/mol. The molecule has 48 heavy (non-hydrogen) atoms. The Hall–Kier alpha value is -1.29. The molecule has 1 saturated carbocycles. The van der Waals surface area contributed by atoms with Crippen molar-refractivity contribution in [2.75, 3.05) is 26.2 Å². The average Bonchev–Trinajstić information content (AvgIpc) is 3.36. The summed E-state index contributed by atoms with van der Waals surface area (Å²) in [5.41, 5.74) is 35.5. The summed E-state index contributed by atoms with van der Waals surface area (Å²) in [7, 11) is 0. The van der Waals surface area contributed by atoms with Crippen LogP contribution < -0.4 is 39.7 Å². The molecule has 0 unspecified atom stereocenters. The van der Waals surface area contributed by atoms with Gasteiger partial charge in [-0.1, -0.05) is 0 Å². The van der Waals surface area contributed by atoms with Crippen LogP contribution in [0.1, 0.15) is 19.3 Å². The van der Waals surface area contributed by atoms with Crippen LogP contribution in [-0.2, 0) is 33.2 Å². The predicted octanol–water partition coefficient (Wildman–Crippen LogP) is -9.00. The van der Waals surface area contributed by atoms with E-state index in [1.807, 2.05) is 0 Å². The molecule has 0 aromatic rings. The normalized spacial score (nSPS) is 46.6. The Kier molecular flexibility index (Phi) is 14.2. The van der Waals surface area contributed by atoms with Gasteiger partial charge in [-0.15, -0.1) is 0 Å². The molecule has 21 heteroatoms. The van der Waals surface area contributed by atoms with Crippen molar-refractivity contribution in [2.45, 2.75) is 136 Å². The van der Waals surface area contributed by atoms with Gasteiger partial charge in [0.1, 0.15) is 42.7 Å². The number of carbonyl (C=O) groups is 1. The molecular weight excluding hydrogens is 646 g/mol. The molecule has 4 fully saturated rings. The molecule has 0 aromatic heterocycles. The van der Waals surface area contributed by atoms with E-state index in [1.165, 1.54) is 0 Å². The van der Waals surface area contributed by atoms with Gasteiger partial charge in [0, 0.05) is 38.5 Å². The smallest absolute Gasteiger partial charge is 0.251 e. The van der Waals surface area contributed by atoms with Gasteiger partial charge in [0.2, 0.25) is 0 Å². The van der Waals surface area contributed by atoms with Crippen molar-refractivity contribution in [3.63, 3.8) is 0 Å². The molecule has 3 saturated heterocycles. The Morgan fingerprint density at radius 3 is 1.77 bits per heavy atom. The van der Waals surface area contributed by atoms with E-state index in [9.17, 15) is 40.5 Å². The van der Waals surface area contributed by atoms with Crippen LogP contribution in [0.25, 0.3) is 0 Å². The zero-order valence-corrected chi connectivity index (χ0v) is 26.4. The topological polar surface area (TPSA) is 382 Å². The Bertz CT molecular complexity index is 1030. The number of aliphatic hydroxyl groups is 7. The molecule has 0 bridgehead atoms. The molecule has 4 aliphatic rings. The molecule has 20 N–H and O–H groups in total. The van der Waals surface area contributed by atoms with Gasteiger partial charge in [-0.05, 0) is 6.42 Å². The van der Waals surface area contributed by atoms with Crippen LogP contribution in [-0.4, -0.2) is 184 Å². The summed E-state index contributed by atoms with van der Waals surface area (Å²) in [5.74, 6) is -1.05. The van der Waals surface area contributed by atoms with Gasteiger partial charge in [-0.2, -0.15) is 0 Å². The van der Waals surface area contributed by atoms with Gasteiger partial charge in [0.05, 0.1) is 49.1 Å². The maximum atomic E-state index is 12.7. The fraction of sp³-hybridized carbons (Fsp3) is 0.963. The first-order valence-electron chi connectivity index (χ1n) is 16.0. The summed E-state index contributed by atoms with van der Waals surface area (Å²) in [6.45, 7) is -0.990. The molecule has 0 spiro atoms. The minimum absolute atomic E-state index is 0.0391. The van der Waals surface area contributed by atoms with Crippen molar-refractivity contribution < 1.29 is 69.0 Å². The molecule has 1 aliphatic carbocycles. The van der Waals surface area contributed by atoms with Gasteiger partial charge in [0.15, 0.2) is 25.0 Å². The summed E-state index contributed by atoms with van der Waals surface area (Å²) in [6.07, 6.45) is -19.4. The van der Waals surface area contributed by atoms with E-state index >= 15 is 0 Å².